The summed E-state index contributed by atoms with van der Waals surface area (Å²) in [6.07, 6.45) is 3.10. The van der Waals surface area contributed by atoms with Gasteiger partial charge in [-0.3, -0.25) is 9.59 Å². The van der Waals surface area contributed by atoms with E-state index in [-0.39, 0.29) is 17.7 Å². The summed E-state index contributed by atoms with van der Waals surface area (Å²) in [6, 6.07) is 8.10. The van der Waals surface area contributed by atoms with Gasteiger partial charge in [0.1, 0.15) is 0 Å². The molecule has 3 fully saturated rings. The van der Waals surface area contributed by atoms with Gasteiger partial charge in [0, 0.05) is 43.9 Å². The third kappa shape index (κ3) is 4.37. The lowest BCUT2D eigenvalue weighted by atomic mass is 9.72. The van der Waals surface area contributed by atoms with Crippen molar-refractivity contribution < 1.29 is 19.1 Å². The highest BCUT2D eigenvalue weighted by molar-refractivity contribution is 9.10. The van der Waals surface area contributed by atoms with Crippen LogP contribution in [0.15, 0.2) is 28.7 Å². The quantitative estimate of drug-likeness (QED) is 0.689. The van der Waals surface area contributed by atoms with Crippen molar-refractivity contribution in [3.8, 4) is 0 Å². The summed E-state index contributed by atoms with van der Waals surface area (Å²) in [5.41, 5.74) is 0.499. The van der Waals surface area contributed by atoms with E-state index in [0.29, 0.717) is 58.9 Å². The lowest BCUT2D eigenvalue weighted by Gasteiger charge is -2.43. The SMILES string of the molecule is O=C(C1CCCN(C(=O)C2(c3ccc(Br)cc3)CCOCC2)C1)N1CCOCC1. The highest BCUT2D eigenvalue weighted by atomic mass is 79.9. The van der Waals surface area contributed by atoms with Gasteiger partial charge in [-0.05, 0) is 43.4 Å². The molecule has 3 aliphatic heterocycles. The molecule has 1 aromatic carbocycles. The Kier molecular flexibility index (Phi) is 6.56. The summed E-state index contributed by atoms with van der Waals surface area (Å²) >= 11 is 3.49. The topological polar surface area (TPSA) is 59.1 Å². The maximum Gasteiger partial charge on any atom is 0.233 e. The van der Waals surface area contributed by atoms with Crippen LogP contribution in [0.1, 0.15) is 31.2 Å². The molecule has 0 N–H and O–H groups in total. The summed E-state index contributed by atoms with van der Waals surface area (Å²) in [4.78, 5) is 30.7. The molecule has 0 aliphatic carbocycles. The second-order valence-electron chi connectivity index (χ2n) is 8.23. The number of likely N-dealkylation sites (tertiary alicyclic amines) is 1. The monoisotopic (exact) mass is 464 g/mol. The minimum atomic E-state index is -0.553. The average Bonchev–Trinajstić information content (AvgIpc) is 2.79. The molecular weight excluding hydrogens is 436 g/mol. The third-order valence-electron chi connectivity index (χ3n) is 6.53. The number of morpholine rings is 1. The number of carbonyl (C=O) groups excluding carboxylic acids is 2. The van der Waals surface area contributed by atoms with E-state index in [1.54, 1.807) is 0 Å². The first-order valence-electron chi connectivity index (χ1n) is 10.6. The number of amides is 2. The summed E-state index contributed by atoms with van der Waals surface area (Å²) in [5.74, 6) is 0.227. The normalized spacial score (nSPS) is 24.9. The van der Waals surface area contributed by atoms with Gasteiger partial charge in [0.05, 0.1) is 24.5 Å². The van der Waals surface area contributed by atoms with Gasteiger partial charge in [0.15, 0.2) is 0 Å². The Balaban J connectivity index is 1.52. The van der Waals surface area contributed by atoms with Crippen LogP contribution >= 0.6 is 15.9 Å². The first kappa shape index (κ1) is 20.8. The van der Waals surface area contributed by atoms with Crippen LogP contribution in [-0.2, 0) is 24.5 Å². The molecule has 0 spiro atoms. The standard InChI is InChI=1S/C22H29BrN2O4/c23-19-5-3-18(4-6-19)22(7-12-28-13-8-22)21(27)25-9-1-2-17(16-25)20(26)24-10-14-29-15-11-24/h3-6,17H,1-2,7-16H2. The van der Waals surface area contributed by atoms with Gasteiger partial charge < -0.3 is 19.3 Å². The van der Waals surface area contributed by atoms with Crippen LogP contribution in [-0.4, -0.2) is 74.2 Å². The first-order chi connectivity index (χ1) is 14.1. The predicted octanol–water partition coefficient (Wildman–Crippen LogP) is 2.59. The Morgan fingerprint density at radius 2 is 1.59 bits per heavy atom. The average molecular weight is 465 g/mol. The van der Waals surface area contributed by atoms with E-state index >= 15 is 0 Å². The second kappa shape index (κ2) is 9.14. The number of hydrogen-bond acceptors (Lipinski definition) is 4. The zero-order valence-electron chi connectivity index (χ0n) is 16.8. The van der Waals surface area contributed by atoms with Crippen LogP contribution < -0.4 is 0 Å². The first-order valence-corrected chi connectivity index (χ1v) is 11.4. The highest BCUT2D eigenvalue weighted by Gasteiger charge is 2.45. The molecule has 1 aromatic rings. The van der Waals surface area contributed by atoms with Crippen LogP contribution in [0.4, 0.5) is 0 Å². The van der Waals surface area contributed by atoms with Crippen molar-refractivity contribution in [3.63, 3.8) is 0 Å². The van der Waals surface area contributed by atoms with Crippen LogP contribution in [0.5, 0.6) is 0 Å². The molecule has 7 heteroatoms. The van der Waals surface area contributed by atoms with Crippen LogP contribution in [0.3, 0.4) is 0 Å². The van der Waals surface area contributed by atoms with Crippen molar-refractivity contribution in [1.29, 1.82) is 0 Å². The number of nitrogens with zero attached hydrogens (tertiary/aromatic N) is 2. The molecule has 3 saturated heterocycles. The molecule has 3 heterocycles. The Morgan fingerprint density at radius 1 is 0.931 bits per heavy atom. The van der Waals surface area contributed by atoms with Gasteiger partial charge >= 0.3 is 0 Å². The molecule has 0 radical (unpaired) electrons. The lowest BCUT2D eigenvalue weighted by Crippen LogP contribution is -2.55. The molecule has 4 rings (SSSR count). The number of piperidine rings is 1. The molecular formula is C22H29BrN2O4. The third-order valence-corrected chi connectivity index (χ3v) is 7.06. The van der Waals surface area contributed by atoms with Crippen molar-refractivity contribution in [2.45, 2.75) is 31.1 Å². The van der Waals surface area contributed by atoms with E-state index < -0.39 is 5.41 Å². The molecule has 1 atom stereocenters. The Labute approximate surface area is 180 Å². The smallest absolute Gasteiger partial charge is 0.233 e. The second-order valence-corrected chi connectivity index (χ2v) is 9.15. The molecule has 0 saturated carbocycles. The van der Waals surface area contributed by atoms with Gasteiger partial charge in [-0.1, -0.05) is 28.1 Å². The fourth-order valence-corrected chi connectivity index (χ4v) is 5.09. The molecule has 3 aliphatic rings. The lowest BCUT2D eigenvalue weighted by molar-refractivity contribution is -0.148. The van der Waals surface area contributed by atoms with Crippen molar-refractivity contribution in [2.75, 3.05) is 52.6 Å². The van der Waals surface area contributed by atoms with Gasteiger partial charge in [-0.15, -0.1) is 0 Å². The Hall–Kier alpha value is -1.44. The molecule has 0 aromatic heterocycles. The van der Waals surface area contributed by atoms with E-state index in [0.717, 1.165) is 29.4 Å². The zero-order valence-corrected chi connectivity index (χ0v) is 18.4. The van der Waals surface area contributed by atoms with E-state index in [2.05, 4.69) is 15.9 Å². The highest BCUT2D eigenvalue weighted by Crippen LogP contribution is 2.38. The minimum absolute atomic E-state index is 0.104. The van der Waals surface area contributed by atoms with Crippen LogP contribution in [0.2, 0.25) is 0 Å². The number of benzene rings is 1. The number of ether oxygens (including phenoxy) is 2. The van der Waals surface area contributed by atoms with E-state index in [1.807, 2.05) is 34.1 Å². The summed E-state index contributed by atoms with van der Waals surface area (Å²) in [5, 5.41) is 0. The maximum atomic E-state index is 13.8. The van der Waals surface area contributed by atoms with Gasteiger partial charge in [0.25, 0.3) is 0 Å². The molecule has 2 amide bonds. The van der Waals surface area contributed by atoms with Crippen molar-refractivity contribution in [1.82, 2.24) is 9.80 Å². The van der Waals surface area contributed by atoms with E-state index in [1.165, 1.54) is 0 Å². The zero-order chi connectivity index (χ0) is 20.3. The molecule has 158 valence electrons. The van der Waals surface area contributed by atoms with Crippen LogP contribution in [0.25, 0.3) is 0 Å². The molecule has 1 unspecified atom stereocenters. The fourth-order valence-electron chi connectivity index (χ4n) is 4.82. The fraction of sp³-hybridized carbons (Fsp3) is 0.636. The number of halogens is 1. The molecule has 6 nitrogen and oxygen atoms in total. The Bertz CT molecular complexity index is 727. The number of hydrogen-bond donors (Lipinski definition) is 0. The summed E-state index contributed by atoms with van der Waals surface area (Å²) < 4.78 is 12.0. The van der Waals surface area contributed by atoms with Gasteiger partial charge in [-0.2, -0.15) is 0 Å². The van der Waals surface area contributed by atoms with Crippen molar-refractivity contribution >= 4 is 27.7 Å². The number of rotatable bonds is 3. The molecule has 29 heavy (non-hydrogen) atoms. The Morgan fingerprint density at radius 3 is 2.28 bits per heavy atom. The van der Waals surface area contributed by atoms with Crippen molar-refractivity contribution in [2.24, 2.45) is 5.92 Å². The maximum absolute atomic E-state index is 13.8. The summed E-state index contributed by atoms with van der Waals surface area (Å²) in [6.45, 7) is 4.95. The predicted molar refractivity (Wildman–Crippen MR) is 113 cm³/mol. The minimum Gasteiger partial charge on any atom is -0.381 e. The van der Waals surface area contributed by atoms with Crippen LogP contribution in [0, 0.1) is 5.92 Å². The van der Waals surface area contributed by atoms with E-state index in [4.69, 9.17) is 9.47 Å². The van der Waals surface area contributed by atoms with Gasteiger partial charge in [-0.25, -0.2) is 0 Å². The number of carbonyl (C=O) groups is 2. The summed E-state index contributed by atoms with van der Waals surface area (Å²) in [7, 11) is 0. The van der Waals surface area contributed by atoms with Gasteiger partial charge in [0.2, 0.25) is 11.8 Å². The van der Waals surface area contributed by atoms with E-state index in [9.17, 15) is 9.59 Å². The molecule has 0 bridgehead atoms. The largest absolute Gasteiger partial charge is 0.381 e. The van der Waals surface area contributed by atoms with Crippen molar-refractivity contribution in [3.05, 3.63) is 34.3 Å².